The second-order valence-electron chi connectivity index (χ2n) is 6.78. The zero-order valence-electron chi connectivity index (χ0n) is 11.0. The number of nitrogens with one attached hydrogen (secondary N) is 1. The Morgan fingerprint density at radius 2 is 2.12 bits per heavy atom. The van der Waals surface area contributed by atoms with Gasteiger partial charge in [-0.25, -0.2) is 0 Å². The van der Waals surface area contributed by atoms with Gasteiger partial charge in [-0.05, 0) is 38.1 Å². The zero-order valence-corrected chi connectivity index (χ0v) is 11.0. The van der Waals surface area contributed by atoms with Crippen molar-refractivity contribution in [1.29, 1.82) is 0 Å². The molecule has 1 heterocycles. The van der Waals surface area contributed by atoms with Gasteiger partial charge in [0.2, 0.25) is 0 Å². The van der Waals surface area contributed by atoms with Gasteiger partial charge in [-0.2, -0.15) is 0 Å². The standard InChI is InChI=1S/C14H25NO2/c1-14(2)12(11-5-6-17-13(11)14)15-8-9-3-4-10(16)7-9/h9-13,15-16H,3-8H2,1-2H3. The molecule has 3 rings (SSSR count). The van der Waals surface area contributed by atoms with E-state index >= 15 is 0 Å². The molecule has 0 aromatic heterocycles. The molecule has 5 unspecified atom stereocenters. The van der Waals surface area contributed by atoms with Gasteiger partial charge in [-0.1, -0.05) is 13.8 Å². The molecule has 0 aromatic carbocycles. The maximum atomic E-state index is 9.54. The minimum absolute atomic E-state index is 0.0428. The van der Waals surface area contributed by atoms with Gasteiger partial charge in [0.25, 0.3) is 0 Å². The lowest BCUT2D eigenvalue weighted by molar-refractivity contribution is -0.113. The summed E-state index contributed by atoms with van der Waals surface area (Å²) in [6.45, 7) is 6.66. The van der Waals surface area contributed by atoms with Crippen LogP contribution in [0.4, 0.5) is 0 Å². The molecule has 0 radical (unpaired) electrons. The Morgan fingerprint density at radius 3 is 2.82 bits per heavy atom. The van der Waals surface area contributed by atoms with Gasteiger partial charge in [-0.15, -0.1) is 0 Å². The molecule has 2 N–H and O–H groups in total. The van der Waals surface area contributed by atoms with Crippen LogP contribution in [0.5, 0.6) is 0 Å². The summed E-state index contributed by atoms with van der Waals surface area (Å²) in [5, 5.41) is 13.3. The minimum Gasteiger partial charge on any atom is -0.393 e. The Labute approximate surface area is 104 Å². The van der Waals surface area contributed by atoms with Crippen LogP contribution >= 0.6 is 0 Å². The largest absolute Gasteiger partial charge is 0.393 e. The predicted octanol–water partition coefficient (Wildman–Crippen LogP) is 1.55. The van der Waals surface area contributed by atoms with Crippen molar-refractivity contribution >= 4 is 0 Å². The highest BCUT2D eigenvalue weighted by molar-refractivity contribution is 5.11. The molecule has 5 atom stereocenters. The number of aliphatic hydroxyl groups excluding tert-OH is 1. The normalized spacial score (nSPS) is 47.8. The van der Waals surface area contributed by atoms with E-state index in [1.807, 2.05) is 0 Å². The van der Waals surface area contributed by atoms with Crippen molar-refractivity contribution in [2.45, 2.75) is 57.8 Å². The number of hydrogen-bond donors (Lipinski definition) is 2. The highest BCUT2D eigenvalue weighted by Gasteiger charge is 2.58. The fraction of sp³-hybridized carbons (Fsp3) is 1.00. The lowest BCUT2D eigenvalue weighted by Crippen LogP contribution is -2.66. The lowest BCUT2D eigenvalue weighted by Gasteiger charge is -2.55. The topological polar surface area (TPSA) is 41.5 Å². The first-order chi connectivity index (χ1) is 8.09. The maximum absolute atomic E-state index is 9.54. The van der Waals surface area contributed by atoms with Crippen molar-refractivity contribution < 1.29 is 9.84 Å². The summed E-state index contributed by atoms with van der Waals surface area (Å²) in [5.41, 5.74) is 0.290. The molecule has 3 aliphatic rings. The van der Waals surface area contributed by atoms with Crippen molar-refractivity contribution in [3.8, 4) is 0 Å². The second-order valence-corrected chi connectivity index (χ2v) is 6.78. The highest BCUT2D eigenvalue weighted by atomic mass is 16.5. The molecular weight excluding hydrogens is 214 g/mol. The van der Waals surface area contributed by atoms with E-state index in [2.05, 4.69) is 19.2 Å². The van der Waals surface area contributed by atoms with Gasteiger partial charge in [0.15, 0.2) is 0 Å². The fourth-order valence-electron chi connectivity index (χ4n) is 4.27. The zero-order chi connectivity index (χ0) is 12.0. The van der Waals surface area contributed by atoms with Crippen LogP contribution in [0.1, 0.15) is 39.5 Å². The van der Waals surface area contributed by atoms with Crippen LogP contribution < -0.4 is 5.32 Å². The van der Waals surface area contributed by atoms with Crippen LogP contribution in [0.25, 0.3) is 0 Å². The number of fused-ring (bicyclic) bond motifs is 1. The van der Waals surface area contributed by atoms with E-state index in [0.717, 1.165) is 31.9 Å². The summed E-state index contributed by atoms with van der Waals surface area (Å²) < 4.78 is 5.81. The molecule has 3 nitrogen and oxygen atoms in total. The molecule has 1 saturated heterocycles. The Balaban J connectivity index is 1.52. The van der Waals surface area contributed by atoms with Crippen LogP contribution in [-0.4, -0.2) is 36.5 Å². The molecule has 17 heavy (non-hydrogen) atoms. The van der Waals surface area contributed by atoms with E-state index in [0.29, 0.717) is 23.5 Å². The Hall–Kier alpha value is -0.120. The molecule has 0 spiro atoms. The second kappa shape index (κ2) is 4.22. The summed E-state index contributed by atoms with van der Waals surface area (Å²) in [5.74, 6) is 1.42. The molecular formula is C14H25NO2. The summed E-state index contributed by atoms with van der Waals surface area (Å²) in [4.78, 5) is 0. The highest BCUT2D eigenvalue weighted by Crippen LogP contribution is 2.52. The number of hydrogen-bond acceptors (Lipinski definition) is 3. The molecule has 0 aromatic rings. The molecule has 98 valence electrons. The average Bonchev–Trinajstić information content (AvgIpc) is 2.86. The first kappa shape index (κ1) is 11.9. The van der Waals surface area contributed by atoms with Crippen LogP contribution in [0.2, 0.25) is 0 Å². The quantitative estimate of drug-likeness (QED) is 0.785. The maximum Gasteiger partial charge on any atom is 0.0685 e. The molecule has 2 aliphatic carbocycles. The Bertz CT molecular complexity index is 292. The van der Waals surface area contributed by atoms with Gasteiger partial charge < -0.3 is 15.2 Å². The fourth-order valence-corrected chi connectivity index (χ4v) is 4.27. The van der Waals surface area contributed by atoms with E-state index in [4.69, 9.17) is 4.74 Å². The van der Waals surface area contributed by atoms with Gasteiger partial charge in [0, 0.05) is 24.0 Å². The molecule has 3 fully saturated rings. The predicted molar refractivity (Wildman–Crippen MR) is 66.8 cm³/mol. The summed E-state index contributed by atoms with van der Waals surface area (Å²) in [7, 11) is 0. The van der Waals surface area contributed by atoms with Gasteiger partial charge in [0.1, 0.15) is 0 Å². The Morgan fingerprint density at radius 1 is 1.29 bits per heavy atom. The molecule has 3 heteroatoms. The SMILES string of the molecule is CC1(C)C(NCC2CCC(O)C2)C2CCOC21. The van der Waals surface area contributed by atoms with Crippen molar-refractivity contribution in [3.05, 3.63) is 0 Å². The van der Waals surface area contributed by atoms with Crippen molar-refractivity contribution in [3.63, 3.8) is 0 Å². The number of rotatable bonds is 3. The summed E-state index contributed by atoms with van der Waals surface area (Å²) >= 11 is 0. The van der Waals surface area contributed by atoms with E-state index < -0.39 is 0 Å². The van der Waals surface area contributed by atoms with Gasteiger partial charge >= 0.3 is 0 Å². The van der Waals surface area contributed by atoms with Crippen LogP contribution in [0.15, 0.2) is 0 Å². The van der Waals surface area contributed by atoms with E-state index in [9.17, 15) is 5.11 Å². The molecule has 0 amide bonds. The molecule has 0 bridgehead atoms. The third-order valence-corrected chi connectivity index (χ3v) is 5.24. The average molecular weight is 239 g/mol. The minimum atomic E-state index is -0.0428. The van der Waals surface area contributed by atoms with Gasteiger partial charge in [-0.3, -0.25) is 0 Å². The number of ether oxygens (including phenoxy) is 1. The van der Waals surface area contributed by atoms with E-state index in [-0.39, 0.29) is 6.10 Å². The third kappa shape index (κ3) is 1.92. The monoisotopic (exact) mass is 239 g/mol. The Kier molecular flexibility index (Phi) is 2.96. The van der Waals surface area contributed by atoms with Gasteiger partial charge in [0.05, 0.1) is 12.2 Å². The van der Waals surface area contributed by atoms with E-state index in [1.54, 1.807) is 0 Å². The first-order valence-corrected chi connectivity index (χ1v) is 7.12. The van der Waals surface area contributed by atoms with Crippen LogP contribution in [-0.2, 0) is 4.74 Å². The summed E-state index contributed by atoms with van der Waals surface area (Å²) in [6.07, 6.45) is 4.83. The smallest absolute Gasteiger partial charge is 0.0685 e. The third-order valence-electron chi connectivity index (χ3n) is 5.24. The van der Waals surface area contributed by atoms with E-state index in [1.165, 1.54) is 12.8 Å². The van der Waals surface area contributed by atoms with Crippen molar-refractivity contribution in [2.24, 2.45) is 17.3 Å². The molecule has 1 aliphatic heterocycles. The lowest BCUT2D eigenvalue weighted by atomic mass is 9.57. The van der Waals surface area contributed by atoms with Crippen LogP contribution in [0, 0.1) is 17.3 Å². The summed E-state index contributed by atoms with van der Waals surface area (Å²) in [6, 6.07) is 0.618. The van der Waals surface area contributed by atoms with Crippen LogP contribution in [0.3, 0.4) is 0 Å². The van der Waals surface area contributed by atoms with Crippen molar-refractivity contribution in [2.75, 3.05) is 13.2 Å². The first-order valence-electron chi connectivity index (χ1n) is 7.12. The molecule has 2 saturated carbocycles. The number of aliphatic hydroxyl groups is 1. The van der Waals surface area contributed by atoms with Crippen molar-refractivity contribution in [1.82, 2.24) is 5.32 Å².